The van der Waals surface area contributed by atoms with Gasteiger partial charge in [0.2, 0.25) is 11.8 Å². The number of hydrogen-bond acceptors (Lipinski definition) is 13. The summed E-state index contributed by atoms with van der Waals surface area (Å²) in [6.07, 6.45) is 9.63. The molecule has 5 heterocycles. The molecule has 0 radical (unpaired) electrons. The molecule has 5 aliphatic heterocycles. The van der Waals surface area contributed by atoms with Gasteiger partial charge in [0.15, 0.2) is 0 Å². The molecule has 8 bridgehead atoms. The molecule has 2 amide bonds. The molecule has 5 rings (SSSR count). The number of hydrogen-bond donors (Lipinski definition) is 9. The number of fused-ring (bicyclic) bond motifs is 5. The quantitative estimate of drug-likeness (QED) is 0.0665. The Morgan fingerprint density at radius 1 is 0.762 bits per heavy atom. The molecule has 0 fully saturated rings. The number of nitrogens with one attached hydrogen (secondary N) is 4. The van der Waals surface area contributed by atoms with E-state index in [0.29, 0.717) is 85.7 Å². The highest BCUT2D eigenvalue weighted by atomic mass is 16.6. The van der Waals surface area contributed by atoms with Crippen LogP contribution in [-0.2, 0) is 33.6 Å². The van der Waals surface area contributed by atoms with Gasteiger partial charge in [-0.05, 0) is 106 Å². The van der Waals surface area contributed by atoms with E-state index < -0.39 is 66.2 Å². The van der Waals surface area contributed by atoms with E-state index >= 15 is 0 Å². The predicted octanol–water partition coefficient (Wildman–Crippen LogP) is 3.35. The third kappa shape index (κ3) is 10.8. The minimum absolute atomic E-state index is 0.0180. The monoisotopic (exact) mass is 867 g/mol. The van der Waals surface area contributed by atoms with Crippen LogP contribution in [0.15, 0.2) is 132 Å². The standard InChI is InChI=1S/C44H49N7O12/c1-7-24-21(3)28-15-29-22(4)25(9-11-38(52)50-35(42(58)59)19-40(54)55)31(46-29)17-32-26(10-12-39(53)51-36(43(60)61)20-41(56)57)23(5)30(47-32)16-34-27(13-14-45-63-8-2)44(6,62)37(49-34)18-33(24)48-28/h7,13-18,35-36,45,49,62H,1,8-12,19-20H2,2-6H3,(H,50,52)(H,51,53)(H,54,55)(H,56,57)(H,58,59)(H,60,61). The molecule has 0 spiro atoms. The Morgan fingerprint density at radius 2 is 1.30 bits per heavy atom. The molecule has 63 heavy (non-hydrogen) atoms. The number of carbonyl (C=O) groups is 6. The number of amides is 2. The topological polar surface area (TPSA) is 298 Å². The van der Waals surface area contributed by atoms with Crippen LogP contribution in [0, 0.1) is 0 Å². The van der Waals surface area contributed by atoms with Crippen LogP contribution in [0.4, 0.5) is 0 Å². The predicted molar refractivity (Wildman–Crippen MR) is 230 cm³/mol. The zero-order valence-electron chi connectivity index (χ0n) is 35.3. The molecule has 9 N–H and O–H groups in total. The molecular formula is C44H49N7O12. The van der Waals surface area contributed by atoms with Gasteiger partial charge in [-0.15, -0.1) is 0 Å². The first kappa shape index (κ1) is 46.8. The minimum Gasteiger partial charge on any atom is -0.481 e. The van der Waals surface area contributed by atoms with Crippen molar-refractivity contribution in [3.63, 3.8) is 0 Å². The van der Waals surface area contributed by atoms with Crippen molar-refractivity contribution >= 4 is 52.8 Å². The highest BCUT2D eigenvalue weighted by molar-refractivity contribution is 6.18. The number of aliphatic imine (C=N–C) groups is 3. The number of carboxylic acid groups (broad SMARTS) is 4. The third-order valence-electron chi connectivity index (χ3n) is 10.8. The van der Waals surface area contributed by atoms with Crippen LogP contribution in [0.3, 0.4) is 0 Å². The summed E-state index contributed by atoms with van der Waals surface area (Å²) in [5, 5.41) is 57.4. The second kappa shape index (κ2) is 19.6. The van der Waals surface area contributed by atoms with Crippen molar-refractivity contribution < 1.29 is 59.1 Å². The Labute approximate surface area is 361 Å². The molecule has 19 heteroatoms. The van der Waals surface area contributed by atoms with E-state index in [4.69, 9.17) is 19.8 Å². The van der Waals surface area contributed by atoms with Gasteiger partial charge in [-0.25, -0.2) is 24.6 Å². The number of aliphatic carboxylic acids is 4. The maximum absolute atomic E-state index is 13.1. The van der Waals surface area contributed by atoms with Crippen LogP contribution in [0.5, 0.6) is 0 Å². The largest absolute Gasteiger partial charge is 0.481 e. The second-order valence-electron chi connectivity index (χ2n) is 15.1. The molecular weight excluding hydrogens is 819 g/mol. The van der Waals surface area contributed by atoms with Crippen molar-refractivity contribution in [1.82, 2.24) is 21.4 Å². The first-order valence-electron chi connectivity index (χ1n) is 19.9. The number of allylic oxidation sites excluding steroid dienone is 11. The number of rotatable bonds is 19. The lowest BCUT2D eigenvalue weighted by Crippen LogP contribution is -2.42. The van der Waals surface area contributed by atoms with E-state index in [1.54, 1.807) is 64.2 Å². The Morgan fingerprint density at radius 3 is 1.86 bits per heavy atom. The first-order chi connectivity index (χ1) is 29.7. The number of carboxylic acids is 4. The third-order valence-corrected chi connectivity index (χ3v) is 10.8. The fourth-order valence-electron chi connectivity index (χ4n) is 7.34. The minimum atomic E-state index is -1.66. The summed E-state index contributed by atoms with van der Waals surface area (Å²) in [5.41, 5.74) is 8.94. The summed E-state index contributed by atoms with van der Waals surface area (Å²) in [7, 11) is 0. The molecule has 3 unspecified atom stereocenters. The number of carbonyl (C=O) groups excluding carboxylic acids is 2. The lowest BCUT2D eigenvalue weighted by molar-refractivity contribution is -0.147. The van der Waals surface area contributed by atoms with Gasteiger partial charge in [-0.2, -0.15) is 0 Å². The lowest BCUT2D eigenvalue weighted by atomic mass is 9.92. The van der Waals surface area contributed by atoms with Crippen molar-refractivity contribution in [1.29, 1.82) is 0 Å². The van der Waals surface area contributed by atoms with E-state index in [9.17, 15) is 54.3 Å². The maximum Gasteiger partial charge on any atom is 0.326 e. The molecule has 0 aromatic rings. The molecule has 0 aromatic carbocycles. The fraction of sp³-hybridized carbons (Fsp3) is 0.341. The summed E-state index contributed by atoms with van der Waals surface area (Å²) in [5.74, 6) is -7.24. The van der Waals surface area contributed by atoms with Crippen molar-refractivity contribution in [3.8, 4) is 0 Å². The van der Waals surface area contributed by atoms with E-state index in [-0.39, 0.29) is 25.7 Å². The average molecular weight is 868 g/mol. The second-order valence-corrected chi connectivity index (χ2v) is 15.1. The van der Waals surface area contributed by atoms with Crippen LogP contribution in [0.25, 0.3) is 0 Å². The van der Waals surface area contributed by atoms with Gasteiger partial charge in [-0.1, -0.05) is 12.7 Å². The van der Waals surface area contributed by atoms with Crippen LogP contribution in [-0.4, -0.2) is 103 Å². The smallest absolute Gasteiger partial charge is 0.326 e. The highest BCUT2D eigenvalue weighted by Crippen LogP contribution is 2.40. The molecule has 0 aliphatic carbocycles. The number of hydroxylamine groups is 1. The molecule has 3 atom stereocenters. The molecule has 0 aromatic heterocycles. The zero-order valence-corrected chi connectivity index (χ0v) is 35.3. The van der Waals surface area contributed by atoms with Crippen molar-refractivity contribution in [2.45, 2.75) is 90.8 Å². The molecule has 5 aliphatic rings. The molecule has 332 valence electrons. The Hall–Kier alpha value is -7.25. The summed E-state index contributed by atoms with van der Waals surface area (Å²) in [6.45, 7) is 13.2. The van der Waals surface area contributed by atoms with Crippen molar-refractivity contribution in [2.75, 3.05) is 6.61 Å². The number of aliphatic hydroxyl groups is 1. The Bertz CT molecular complexity index is 2450. The SMILES string of the molecule is C=CC1=C(C)C2=CC3=NC(=CC4=NC(=CC5=C(C=CNOCC)C(C)(O)C(=CC1=N2)N5)C(C)=C4CCC(=O)NC(CC(=O)O)C(=O)O)C(CCC(=O)NC(CC(=O)O)C(=O)O)=C3C. The van der Waals surface area contributed by atoms with Gasteiger partial charge in [0.25, 0.3) is 0 Å². The van der Waals surface area contributed by atoms with E-state index in [2.05, 4.69) is 28.0 Å². The number of nitrogens with zero attached hydrogens (tertiary/aromatic N) is 3. The van der Waals surface area contributed by atoms with Crippen molar-refractivity contribution in [3.05, 3.63) is 117 Å². The van der Waals surface area contributed by atoms with Crippen molar-refractivity contribution in [2.24, 2.45) is 15.0 Å². The van der Waals surface area contributed by atoms with Gasteiger partial charge in [0.05, 0.1) is 59.4 Å². The van der Waals surface area contributed by atoms with Gasteiger partial charge < -0.3 is 41.5 Å². The maximum atomic E-state index is 13.1. The lowest BCUT2D eigenvalue weighted by Gasteiger charge is -2.21. The summed E-state index contributed by atoms with van der Waals surface area (Å²) < 4.78 is 0. The van der Waals surface area contributed by atoms with E-state index in [0.717, 1.165) is 5.57 Å². The van der Waals surface area contributed by atoms with E-state index in [1.165, 1.54) is 6.20 Å². The highest BCUT2D eigenvalue weighted by Gasteiger charge is 2.39. The van der Waals surface area contributed by atoms with Gasteiger partial charge in [0, 0.05) is 35.9 Å². The Kier molecular flexibility index (Phi) is 14.6. The summed E-state index contributed by atoms with van der Waals surface area (Å²) >= 11 is 0. The Balaban J connectivity index is 1.67. The molecule has 0 saturated heterocycles. The van der Waals surface area contributed by atoms with Gasteiger partial charge in [-0.3, -0.25) is 29.5 Å². The van der Waals surface area contributed by atoms with Crippen LogP contribution in [0.2, 0.25) is 0 Å². The van der Waals surface area contributed by atoms with Gasteiger partial charge >= 0.3 is 23.9 Å². The zero-order chi connectivity index (χ0) is 46.3. The van der Waals surface area contributed by atoms with Crippen LogP contribution in [0.1, 0.15) is 73.1 Å². The average Bonchev–Trinajstić information content (AvgIpc) is 3.84. The fourth-order valence-corrected chi connectivity index (χ4v) is 7.34. The summed E-state index contributed by atoms with van der Waals surface area (Å²) in [4.78, 5) is 92.3. The van der Waals surface area contributed by atoms with E-state index in [1.807, 2.05) is 6.92 Å². The molecule has 19 nitrogen and oxygen atoms in total. The summed E-state index contributed by atoms with van der Waals surface area (Å²) in [6, 6.07) is -3.31. The van der Waals surface area contributed by atoms with Gasteiger partial charge in [0.1, 0.15) is 17.7 Å². The van der Waals surface area contributed by atoms with Crippen LogP contribution < -0.4 is 21.4 Å². The normalized spacial score (nSPS) is 20.3. The first-order valence-corrected chi connectivity index (χ1v) is 19.9. The van der Waals surface area contributed by atoms with Crippen LogP contribution >= 0.6 is 0 Å². The molecule has 0 saturated carbocycles.